The molecule has 0 atom stereocenters. The molecule has 4 rings (SSSR count). The van der Waals surface area contributed by atoms with Gasteiger partial charge in [-0.05, 0) is 47.3 Å². The molecule has 1 amide bonds. The average Bonchev–Trinajstić information content (AvgIpc) is 3.12. The van der Waals surface area contributed by atoms with E-state index in [1.807, 2.05) is 30.3 Å². The number of anilines is 3. The summed E-state index contributed by atoms with van der Waals surface area (Å²) in [6.45, 7) is 0. The summed E-state index contributed by atoms with van der Waals surface area (Å²) in [5.74, 6) is 0.795. The highest BCUT2D eigenvalue weighted by atomic mass is 32.1. The molecule has 0 aliphatic carbocycles. The van der Waals surface area contributed by atoms with Crippen molar-refractivity contribution in [3.63, 3.8) is 0 Å². The predicted molar refractivity (Wildman–Crippen MR) is 112 cm³/mol. The second-order valence-corrected chi connectivity index (χ2v) is 7.18. The van der Waals surface area contributed by atoms with Crippen molar-refractivity contribution in [1.82, 2.24) is 15.3 Å². The van der Waals surface area contributed by atoms with Gasteiger partial charge < -0.3 is 21.5 Å². The molecule has 0 aliphatic rings. The van der Waals surface area contributed by atoms with E-state index in [0.717, 1.165) is 21.3 Å². The van der Waals surface area contributed by atoms with E-state index in [4.69, 9.17) is 5.73 Å². The summed E-state index contributed by atoms with van der Waals surface area (Å²) in [6.07, 6.45) is 1.57. The number of benzene rings is 2. The smallest absolute Gasteiger partial charge is 0.261 e. The van der Waals surface area contributed by atoms with Crippen molar-refractivity contribution >= 4 is 44.8 Å². The predicted octanol–water partition coefficient (Wildman–Crippen LogP) is 3.75. The summed E-state index contributed by atoms with van der Waals surface area (Å²) >= 11 is 1.41. The van der Waals surface area contributed by atoms with Crippen molar-refractivity contribution < 1.29 is 9.90 Å². The number of nitrogens with two attached hydrogens (primary N) is 1. The number of carbonyl (C=O) groups excluding carboxylic acids is 1. The van der Waals surface area contributed by atoms with Gasteiger partial charge in [0, 0.05) is 29.2 Å². The number of hydrogen-bond donors (Lipinski definition) is 4. The summed E-state index contributed by atoms with van der Waals surface area (Å²) in [5.41, 5.74) is 7.89. The van der Waals surface area contributed by atoms with Gasteiger partial charge in [-0.2, -0.15) is 4.98 Å². The van der Waals surface area contributed by atoms with Crippen LogP contribution in [0, 0.1) is 0 Å². The summed E-state index contributed by atoms with van der Waals surface area (Å²) in [5, 5.41) is 17.1. The number of aromatic nitrogens is 2. The monoisotopic (exact) mass is 391 g/mol. The summed E-state index contributed by atoms with van der Waals surface area (Å²) in [4.78, 5) is 20.5. The molecule has 0 saturated carbocycles. The van der Waals surface area contributed by atoms with Crippen LogP contribution in [0.2, 0.25) is 0 Å². The fourth-order valence-electron chi connectivity index (χ4n) is 2.87. The number of nitrogen functional groups attached to an aromatic ring is 1. The molecule has 0 fully saturated rings. The zero-order valence-electron chi connectivity index (χ0n) is 14.9. The van der Waals surface area contributed by atoms with Crippen molar-refractivity contribution in [1.29, 1.82) is 0 Å². The number of nitrogens with zero attached hydrogens (tertiary/aromatic N) is 2. The standard InChI is InChI=1S/C20H17N5O2S/c1-22-19(27)17-9-12-3-2-11(8-16(12)28-17)14-10-13(4-5-15(14)26)24-18-6-7-23-20(21)25-18/h2-10,26H,1H3,(H,22,27)(H3,21,23,24,25). The molecule has 8 heteroatoms. The van der Waals surface area contributed by atoms with Crippen molar-refractivity contribution in [3.8, 4) is 16.9 Å². The van der Waals surface area contributed by atoms with E-state index in [-0.39, 0.29) is 17.6 Å². The minimum atomic E-state index is -0.110. The van der Waals surface area contributed by atoms with Gasteiger partial charge in [-0.3, -0.25) is 4.79 Å². The molecule has 28 heavy (non-hydrogen) atoms. The number of phenolic OH excluding ortho intramolecular Hbond substituents is 1. The van der Waals surface area contributed by atoms with Crippen molar-refractivity contribution in [2.75, 3.05) is 18.1 Å². The molecule has 140 valence electrons. The number of fused-ring (bicyclic) bond motifs is 1. The summed E-state index contributed by atoms with van der Waals surface area (Å²) in [6, 6.07) is 14.6. The second-order valence-electron chi connectivity index (χ2n) is 6.10. The first kappa shape index (κ1) is 17.7. The molecule has 0 bridgehead atoms. The van der Waals surface area contributed by atoms with Crippen LogP contribution in [0.5, 0.6) is 5.75 Å². The molecule has 7 nitrogen and oxygen atoms in total. The van der Waals surface area contributed by atoms with Crippen LogP contribution < -0.4 is 16.4 Å². The molecular formula is C20H17N5O2S. The summed E-state index contributed by atoms with van der Waals surface area (Å²) < 4.78 is 0.970. The van der Waals surface area contributed by atoms with E-state index in [1.165, 1.54) is 11.3 Å². The van der Waals surface area contributed by atoms with Crippen LogP contribution in [-0.2, 0) is 0 Å². The van der Waals surface area contributed by atoms with Gasteiger partial charge in [0.05, 0.1) is 4.88 Å². The Hall–Kier alpha value is -3.65. The normalized spacial score (nSPS) is 10.8. The molecule has 5 N–H and O–H groups in total. The maximum Gasteiger partial charge on any atom is 0.261 e. The molecule has 0 saturated heterocycles. The van der Waals surface area contributed by atoms with Crippen LogP contribution >= 0.6 is 11.3 Å². The maximum atomic E-state index is 11.9. The SMILES string of the molecule is CNC(=O)c1cc2ccc(-c3cc(Nc4ccnc(N)n4)ccc3O)cc2s1. The van der Waals surface area contributed by atoms with Crippen LogP contribution in [0.1, 0.15) is 9.67 Å². The minimum absolute atomic E-state index is 0.110. The van der Waals surface area contributed by atoms with E-state index >= 15 is 0 Å². The molecule has 2 aromatic carbocycles. The fourth-order valence-corrected chi connectivity index (χ4v) is 3.92. The Morgan fingerprint density at radius 3 is 2.79 bits per heavy atom. The number of thiophene rings is 1. The van der Waals surface area contributed by atoms with Crippen LogP contribution in [0.15, 0.2) is 54.7 Å². The lowest BCUT2D eigenvalue weighted by Crippen LogP contribution is -2.15. The second kappa shape index (κ2) is 7.16. The van der Waals surface area contributed by atoms with Gasteiger partial charge in [0.2, 0.25) is 5.95 Å². The molecule has 2 aromatic heterocycles. The number of carbonyl (C=O) groups is 1. The third-order valence-electron chi connectivity index (χ3n) is 4.23. The van der Waals surface area contributed by atoms with Crippen molar-refractivity contribution in [2.45, 2.75) is 0 Å². The molecule has 0 unspecified atom stereocenters. The number of rotatable bonds is 4. The highest BCUT2D eigenvalue weighted by Gasteiger charge is 2.12. The number of nitrogens with one attached hydrogen (secondary N) is 2. The lowest BCUT2D eigenvalue weighted by molar-refractivity contribution is 0.0967. The Balaban J connectivity index is 1.70. The van der Waals surface area contributed by atoms with Gasteiger partial charge in [-0.1, -0.05) is 12.1 Å². The molecule has 0 radical (unpaired) electrons. The number of amides is 1. The van der Waals surface area contributed by atoms with E-state index in [1.54, 1.807) is 31.4 Å². The van der Waals surface area contributed by atoms with Crippen molar-refractivity contribution in [2.24, 2.45) is 0 Å². The van der Waals surface area contributed by atoms with E-state index in [0.29, 0.717) is 16.3 Å². The lowest BCUT2D eigenvalue weighted by atomic mass is 10.0. The van der Waals surface area contributed by atoms with Crippen LogP contribution in [-0.4, -0.2) is 28.0 Å². The highest BCUT2D eigenvalue weighted by molar-refractivity contribution is 7.20. The van der Waals surface area contributed by atoms with E-state index < -0.39 is 0 Å². The fraction of sp³-hybridized carbons (Fsp3) is 0.0500. The zero-order chi connectivity index (χ0) is 19.7. The zero-order valence-corrected chi connectivity index (χ0v) is 15.7. The van der Waals surface area contributed by atoms with E-state index in [9.17, 15) is 9.90 Å². The van der Waals surface area contributed by atoms with Crippen LogP contribution in [0.3, 0.4) is 0 Å². The number of phenols is 1. The molecule has 4 aromatic rings. The molecular weight excluding hydrogens is 374 g/mol. The van der Waals surface area contributed by atoms with E-state index in [2.05, 4.69) is 20.6 Å². The van der Waals surface area contributed by atoms with Gasteiger partial charge in [-0.25, -0.2) is 4.98 Å². The van der Waals surface area contributed by atoms with Gasteiger partial charge in [0.15, 0.2) is 0 Å². The van der Waals surface area contributed by atoms with Gasteiger partial charge in [-0.15, -0.1) is 11.3 Å². The Kier molecular flexibility index (Phi) is 4.54. The third-order valence-corrected chi connectivity index (χ3v) is 5.32. The Bertz CT molecular complexity index is 1190. The first-order valence-electron chi connectivity index (χ1n) is 8.48. The minimum Gasteiger partial charge on any atom is -0.507 e. The first-order chi connectivity index (χ1) is 13.5. The third kappa shape index (κ3) is 3.45. The largest absolute Gasteiger partial charge is 0.507 e. The molecule has 2 heterocycles. The molecule has 0 spiro atoms. The lowest BCUT2D eigenvalue weighted by Gasteiger charge is -2.10. The van der Waals surface area contributed by atoms with Gasteiger partial charge in [0.1, 0.15) is 11.6 Å². The highest BCUT2D eigenvalue weighted by Crippen LogP contribution is 2.36. The summed E-state index contributed by atoms with van der Waals surface area (Å²) in [7, 11) is 1.61. The Morgan fingerprint density at radius 2 is 2.00 bits per heavy atom. The van der Waals surface area contributed by atoms with Gasteiger partial charge in [0.25, 0.3) is 5.91 Å². The van der Waals surface area contributed by atoms with Crippen LogP contribution in [0.25, 0.3) is 21.2 Å². The van der Waals surface area contributed by atoms with Crippen molar-refractivity contribution in [3.05, 3.63) is 59.6 Å². The maximum absolute atomic E-state index is 11.9. The number of aromatic hydroxyl groups is 1. The Morgan fingerprint density at radius 1 is 1.14 bits per heavy atom. The average molecular weight is 391 g/mol. The van der Waals surface area contributed by atoms with Gasteiger partial charge >= 0.3 is 0 Å². The van der Waals surface area contributed by atoms with Crippen LogP contribution in [0.4, 0.5) is 17.5 Å². The quantitative estimate of drug-likeness (QED) is 0.394. The molecule has 0 aliphatic heterocycles. The first-order valence-corrected chi connectivity index (χ1v) is 9.30. The topological polar surface area (TPSA) is 113 Å². The number of hydrogen-bond acceptors (Lipinski definition) is 7. The Labute approximate surface area is 164 Å².